The van der Waals surface area contributed by atoms with Crippen molar-refractivity contribution in [2.45, 2.75) is 65.0 Å². The maximum atomic E-state index is 13.3. The minimum atomic E-state index is -4.68. The van der Waals surface area contributed by atoms with E-state index in [0.29, 0.717) is 40.2 Å². The zero-order valence-electron chi connectivity index (χ0n) is 17.3. The van der Waals surface area contributed by atoms with Crippen LogP contribution in [0.5, 0.6) is 5.75 Å². The van der Waals surface area contributed by atoms with Gasteiger partial charge in [-0.05, 0) is 37.5 Å². The third-order valence-corrected chi connectivity index (χ3v) is 6.83. The standard InChI is InChI=1S/C22H27F3O3S2/c1-3-18(26)29-14-9-7-5-4-6-8-13-28-16-11-10-12-17-19(16)15(2)20(21(27)30-17)22(23,24)25/h10-12H,3-9,13-14H2,1-2H3. The Morgan fingerprint density at radius 3 is 2.43 bits per heavy atom. The van der Waals surface area contributed by atoms with E-state index in [0.717, 1.165) is 44.3 Å². The van der Waals surface area contributed by atoms with Gasteiger partial charge >= 0.3 is 6.18 Å². The zero-order valence-corrected chi connectivity index (χ0v) is 18.9. The fraction of sp³-hybridized carbons (Fsp3) is 0.545. The van der Waals surface area contributed by atoms with Crippen LogP contribution >= 0.6 is 23.1 Å². The van der Waals surface area contributed by atoms with Crippen molar-refractivity contribution in [2.75, 3.05) is 12.4 Å². The molecule has 30 heavy (non-hydrogen) atoms. The molecule has 3 nitrogen and oxygen atoms in total. The van der Waals surface area contributed by atoms with Gasteiger partial charge in [0.1, 0.15) is 11.3 Å². The number of unbranched alkanes of at least 4 members (excludes halogenated alkanes) is 5. The number of halogens is 3. The lowest BCUT2D eigenvalue weighted by molar-refractivity contribution is -0.138. The number of aryl methyl sites for hydroxylation is 1. The van der Waals surface area contributed by atoms with Crippen LogP contribution in [0.1, 0.15) is 63.0 Å². The van der Waals surface area contributed by atoms with Gasteiger partial charge in [-0.3, -0.25) is 9.59 Å². The summed E-state index contributed by atoms with van der Waals surface area (Å²) in [5, 5.41) is 0.610. The average Bonchev–Trinajstić information content (AvgIpc) is 2.67. The molecule has 0 bridgehead atoms. The lowest BCUT2D eigenvalue weighted by Crippen LogP contribution is -2.19. The van der Waals surface area contributed by atoms with Crippen LogP contribution in [0.25, 0.3) is 10.1 Å². The van der Waals surface area contributed by atoms with Crippen LogP contribution in [0.15, 0.2) is 23.0 Å². The van der Waals surface area contributed by atoms with Gasteiger partial charge in [0.15, 0.2) is 5.12 Å². The number of hydrogen-bond acceptors (Lipinski definition) is 5. The fourth-order valence-corrected chi connectivity index (χ4v) is 5.08. The molecule has 2 rings (SSSR count). The van der Waals surface area contributed by atoms with Crippen molar-refractivity contribution in [3.8, 4) is 5.75 Å². The lowest BCUT2D eigenvalue weighted by atomic mass is 10.1. The second-order valence-electron chi connectivity index (χ2n) is 7.06. The molecular weight excluding hydrogens is 433 g/mol. The van der Waals surface area contributed by atoms with Crippen molar-refractivity contribution in [3.05, 3.63) is 38.9 Å². The van der Waals surface area contributed by atoms with E-state index in [9.17, 15) is 22.8 Å². The number of fused-ring (bicyclic) bond motifs is 1. The second-order valence-corrected chi connectivity index (χ2v) is 9.23. The third-order valence-electron chi connectivity index (χ3n) is 4.78. The van der Waals surface area contributed by atoms with Gasteiger partial charge < -0.3 is 4.74 Å². The molecule has 0 saturated heterocycles. The van der Waals surface area contributed by atoms with E-state index in [1.807, 2.05) is 6.92 Å². The maximum Gasteiger partial charge on any atom is 0.421 e. The predicted octanol–water partition coefficient (Wildman–Crippen LogP) is 6.98. The molecule has 2 aromatic rings. The van der Waals surface area contributed by atoms with Crippen molar-refractivity contribution < 1.29 is 22.7 Å². The third kappa shape index (κ3) is 7.01. The Morgan fingerprint density at radius 2 is 1.77 bits per heavy atom. The summed E-state index contributed by atoms with van der Waals surface area (Å²) in [6.07, 6.45) is 1.97. The number of ether oxygens (including phenoxy) is 1. The molecule has 0 aliphatic heterocycles. The molecule has 0 aliphatic rings. The first kappa shape index (κ1) is 24.7. The van der Waals surface area contributed by atoms with Crippen LogP contribution in [0.2, 0.25) is 0 Å². The summed E-state index contributed by atoms with van der Waals surface area (Å²) in [4.78, 5) is 23.1. The number of thioether (sulfide) groups is 1. The molecule has 0 atom stereocenters. The summed E-state index contributed by atoms with van der Waals surface area (Å²) in [5.74, 6) is 1.27. The maximum absolute atomic E-state index is 13.3. The van der Waals surface area contributed by atoms with Crippen LogP contribution in [-0.2, 0) is 11.0 Å². The Hall–Kier alpha value is -1.54. The molecule has 0 spiro atoms. The molecule has 8 heteroatoms. The molecular formula is C22H27F3O3S2. The molecule has 0 amide bonds. The smallest absolute Gasteiger partial charge is 0.421 e. The number of alkyl halides is 3. The van der Waals surface area contributed by atoms with Crippen LogP contribution in [0.4, 0.5) is 13.2 Å². The van der Waals surface area contributed by atoms with Gasteiger partial charge in [0.05, 0.1) is 6.61 Å². The highest BCUT2D eigenvalue weighted by atomic mass is 32.2. The van der Waals surface area contributed by atoms with Gasteiger partial charge in [0.25, 0.3) is 0 Å². The highest BCUT2D eigenvalue weighted by Crippen LogP contribution is 2.37. The molecule has 0 saturated carbocycles. The number of rotatable bonds is 11. The summed E-state index contributed by atoms with van der Waals surface area (Å²) in [6.45, 7) is 3.62. The van der Waals surface area contributed by atoms with E-state index < -0.39 is 16.5 Å². The molecule has 1 aromatic heterocycles. The minimum absolute atomic E-state index is 0.0729. The van der Waals surface area contributed by atoms with E-state index in [4.69, 9.17) is 4.74 Å². The molecule has 0 fully saturated rings. The first-order valence-corrected chi connectivity index (χ1v) is 12.0. The predicted molar refractivity (Wildman–Crippen MR) is 119 cm³/mol. The molecule has 0 radical (unpaired) electrons. The molecule has 0 N–H and O–H groups in total. The summed E-state index contributed by atoms with van der Waals surface area (Å²) in [7, 11) is 0. The van der Waals surface area contributed by atoms with Gasteiger partial charge in [-0.25, -0.2) is 0 Å². The summed E-state index contributed by atoms with van der Waals surface area (Å²) in [5.41, 5.74) is -1.17. The minimum Gasteiger partial charge on any atom is -0.493 e. The highest BCUT2D eigenvalue weighted by Gasteiger charge is 2.37. The van der Waals surface area contributed by atoms with E-state index in [2.05, 4.69) is 0 Å². The second kappa shape index (κ2) is 11.7. The van der Waals surface area contributed by atoms with Crippen molar-refractivity contribution in [2.24, 2.45) is 0 Å². The van der Waals surface area contributed by atoms with Crippen LogP contribution in [0.3, 0.4) is 0 Å². The zero-order chi connectivity index (χ0) is 22.1. The van der Waals surface area contributed by atoms with Crippen molar-refractivity contribution in [1.29, 1.82) is 0 Å². The van der Waals surface area contributed by atoms with E-state index >= 15 is 0 Å². The fourth-order valence-electron chi connectivity index (χ4n) is 3.22. The Labute approximate surface area is 183 Å². The van der Waals surface area contributed by atoms with Crippen LogP contribution in [0, 0.1) is 6.92 Å². The first-order valence-electron chi connectivity index (χ1n) is 10.2. The Balaban J connectivity index is 1.84. The molecule has 0 aliphatic carbocycles. The van der Waals surface area contributed by atoms with Gasteiger partial charge in [0, 0.05) is 22.3 Å². The Kier molecular flexibility index (Phi) is 9.68. The quantitative estimate of drug-likeness (QED) is 0.339. The molecule has 1 aromatic carbocycles. The summed E-state index contributed by atoms with van der Waals surface area (Å²) < 4.78 is 45.2. The highest BCUT2D eigenvalue weighted by molar-refractivity contribution is 8.13. The van der Waals surface area contributed by atoms with Gasteiger partial charge in [-0.2, -0.15) is 13.2 Å². The Bertz CT molecular complexity index is 907. The van der Waals surface area contributed by atoms with Gasteiger partial charge in [-0.1, -0.05) is 61.8 Å². The van der Waals surface area contributed by atoms with Gasteiger partial charge in [-0.15, -0.1) is 0 Å². The van der Waals surface area contributed by atoms with Crippen molar-refractivity contribution in [1.82, 2.24) is 0 Å². The number of carbonyl (C=O) groups excluding carboxylic acids is 1. The van der Waals surface area contributed by atoms with Crippen molar-refractivity contribution in [3.63, 3.8) is 0 Å². The first-order chi connectivity index (χ1) is 14.3. The van der Waals surface area contributed by atoms with E-state index in [1.165, 1.54) is 18.7 Å². The average molecular weight is 461 g/mol. The van der Waals surface area contributed by atoms with Crippen LogP contribution < -0.4 is 9.48 Å². The number of carbonyl (C=O) groups is 1. The largest absolute Gasteiger partial charge is 0.493 e. The summed E-state index contributed by atoms with van der Waals surface area (Å²) >= 11 is 2.01. The topological polar surface area (TPSA) is 43.4 Å². The van der Waals surface area contributed by atoms with E-state index in [-0.39, 0.29) is 10.7 Å². The van der Waals surface area contributed by atoms with Crippen molar-refractivity contribution >= 4 is 38.3 Å². The van der Waals surface area contributed by atoms with Crippen LogP contribution in [-0.4, -0.2) is 17.5 Å². The molecule has 1 heterocycles. The normalized spacial score (nSPS) is 11.8. The lowest BCUT2D eigenvalue weighted by Gasteiger charge is -2.14. The molecule has 0 unspecified atom stereocenters. The molecule has 166 valence electrons. The Morgan fingerprint density at radius 1 is 1.10 bits per heavy atom. The van der Waals surface area contributed by atoms with E-state index in [1.54, 1.807) is 18.2 Å². The van der Waals surface area contributed by atoms with Gasteiger partial charge in [0.2, 0.25) is 4.74 Å². The summed E-state index contributed by atoms with van der Waals surface area (Å²) in [6, 6.07) is 5.00. The monoisotopic (exact) mass is 460 g/mol. The number of hydrogen-bond donors (Lipinski definition) is 0. The number of benzene rings is 1. The SMILES string of the molecule is CCC(=O)SCCCCCCCCOc1cccc2sc(=O)c(C(F)(F)F)c(C)c12.